The number of anilines is 1. The Kier molecular flexibility index (Phi) is 6.01. The normalized spacial score (nSPS) is 17.9. The van der Waals surface area contributed by atoms with Crippen molar-refractivity contribution in [3.63, 3.8) is 0 Å². The van der Waals surface area contributed by atoms with Gasteiger partial charge in [-0.1, -0.05) is 41.6 Å². The minimum Gasteiger partial charge on any atom is -0.388 e. The number of nitrogens with one attached hydrogen (secondary N) is 1. The number of oxime groups is 1. The first kappa shape index (κ1) is 22.0. The maximum Gasteiger partial charge on any atom is 0.246 e. The van der Waals surface area contributed by atoms with Crippen LogP contribution in [0.5, 0.6) is 0 Å². The minimum absolute atomic E-state index is 0.133. The molecule has 2 heterocycles. The standard InChI is InChI=1S/C23H24FN3O4S/c1-32(29,30)26-20-9-7-17(15-19(20)24)8-10-22(28)27-13-11-23(12-14-27)16-21(25-31-23)18-5-3-2-4-6-18/h2-10,15,26H,11-14,16H2,1H3. The number of hydrogen-bond donors (Lipinski definition) is 1. The van der Waals surface area contributed by atoms with Gasteiger partial charge in [0.25, 0.3) is 0 Å². The van der Waals surface area contributed by atoms with E-state index in [1.807, 2.05) is 30.3 Å². The highest BCUT2D eigenvalue weighted by Gasteiger charge is 2.42. The number of halogens is 1. The first-order valence-corrected chi connectivity index (χ1v) is 12.2. The highest BCUT2D eigenvalue weighted by atomic mass is 32.2. The van der Waals surface area contributed by atoms with Crippen LogP contribution in [0.3, 0.4) is 0 Å². The Labute approximate surface area is 186 Å². The quantitative estimate of drug-likeness (QED) is 0.697. The summed E-state index contributed by atoms with van der Waals surface area (Å²) in [5, 5.41) is 4.29. The third-order valence-corrected chi connectivity index (χ3v) is 6.23. The summed E-state index contributed by atoms with van der Waals surface area (Å²) in [6.07, 6.45) is 5.97. The van der Waals surface area contributed by atoms with Crippen LogP contribution in [0.25, 0.3) is 6.08 Å². The zero-order valence-corrected chi connectivity index (χ0v) is 18.4. The van der Waals surface area contributed by atoms with Gasteiger partial charge < -0.3 is 9.74 Å². The van der Waals surface area contributed by atoms with Gasteiger partial charge in [0.05, 0.1) is 17.7 Å². The summed E-state index contributed by atoms with van der Waals surface area (Å²) in [6.45, 7) is 1.10. The number of carbonyl (C=O) groups excluding carboxylic acids is 1. The van der Waals surface area contributed by atoms with E-state index in [0.29, 0.717) is 31.5 Å². The van der Waals surface area contributed by atoms with Crippen LogP contribution >= 0.6 is 0 Å². The van der Waals surface area contributed by atoms with Crippen LogP contribution in [0.15, 0.2) is 59.8 Å². The fourth-order valence-corrected chi connectivity index (χ4v) is 4.47. The van der Waals surface area contributed by atoms with E-state index in [1.54, 1.807) is 11.0 Å². The van der Waals surface area contributed by atoms with Crippen LogP contribution in [0.1, 0.15) is 30.4 Å². The average Bonchev–Trinajstić information content (AvgIpc) is 3.17. The molecule has 2 aromatic carbocycles. The van der Waals surface area contributed by atoms with Gasteiger partial charge in [-0.05, 0) is 29.3 Å². The molecule has 9 heteroatoms. The molecule has 1 fully saturated rings. The van der Waals surface area contributed by atoms with Gasteiger partial charge in [-0.25, -0.2) is 12.8 Å². The number of nitrogens with zero attached hydrogens (tertiary/aromatic N) is 2. The molecule has 4 rings (SSSR count). The number of carbonyl (C=O) groups is 1. The highest BCUT2D eigenvalue weighted by Crippen LogP contribution is 2.36. The molecule has 0 unspecified atom stereocenters. The summed E-state index contributed by atoms with van der Waals surface area (Å²) in [5.41, 5.74) is 1.95. The molecule has 0 atom stereocenters. The van der Waals surface area contributed by atoms with E-state index in [9.17, 15) is 17.6 Å². The molecule has 168 valence electrons. The molecular weight excluding hydrogens is 433 g/mol. The Hall–Kier alpha value is -3.20. The summed E-state index contributed by atoms with van der Waals surface area (Å²) >= 11 is 0. The van der Waals surface area contributed by atoms with Crippen molar-refractivity contribution in [2.45, 2.75) is 24.9 Å². The zero-order valence-electron chi connectivity index (χ0n) is 17.6. The van der Waals surface area contributed by atoms with E-state index >= 15 is 0 Å². The second kappa shape index (κ2) is 8.74. The Morgan fingerprint density at radius 1 is 1.19 bits per heavy atom. The van der Waals surface area contributed by atoms with Crippen molar-refractivity contribution in [3.05, 3.63) is 71.6 Å². The zero-order chi connectivity index (χ0) is 22.8. The van der Waals surface area contributed by atoms with Crippen LogP contribution in [-0.2, 0) is 19.7 Å². The van der Waals surface area contributed by atoms with Gasteiger partial charge in [0.2, 0.25) is 15.9 Å². The summed E-state index contributed by atoms with van der Waals surface area (Å²) in [6, 6.07) is 14.0. The molecule has 2 aliphatic heterocycles. The Morgan fingerprint density at radius 2 is 1.91 bits per heavy atom. The first-order valence-electron chi connectivity index (χ1n) is 10.3. The molecule has 0 aliphatic carbocycles. The summed E-state index contributed by atoms with van der Waals surface area (Å²) in [7, 11) is -3.57. The van der Waals surface area contributed by atoms with Crippen LogP contribution in [-0.4, -0.2) is 49.9 Å². The highest BCUT2D eigenvalue weighted by molar-refractivity contribution is 7.92. The van der Waals surface area contributed by atoms with Gasteiger partial charge in [-0.15, -0.1) is 0 Å². The minimum atomic E-state index is -3.57. The number of rotatable bonds is 5. The topological polar surface area (TPSA) is 88.1 Å². The third kappa shape index (κ3) is 5.16. The van der Waals surface area contributed by atoms with E-state index in [0.717, 1.165) is 24.0 Å². The molecule has 0 radical (unpaired) electrons. The lowest BCUT2D eigenvalue weighted by molar-refractivity contribution is -0.131. The summed E-state index contributed by atoms with van der Waals surface area (Å²) in [5.74, 6) is -0.877. The SMILES string of the molecule is CS(=O)(=O)Nc1ccc(C=CC(=O)N2CCC3(CC2)CC(c2ccccc2)=NO3)cc1F. The van der Waals surface area contributed by atoms with Gasteiger partial charge in [-0.3, -0.25) is 9.52 Å². The number of piperidine rings is 1. The second-order valence-corrected chi connectivity index (χ2v) is 9.88. The van der Waals surface area contributed by atoms with E-state index in [2.05, 4.69) is 9.88 Å². The van der Waals surface area contributed by atoms with Crippen LogP contribution in [0.4, 0.5) is 10.1 Å². The van der Waals surface area contributed by atoms with Gasteiger partial charge in [0.15, 0.2) is 0 Å². The van der Waals surface area contributed by atoms with Crippen molar-refractivity contribution in [1.82, 2.24) is 4.90 Å². The molecule has 1 amide bonds. The van der Waals surface area contributed by atoms with E-state index < -0.39 is 15.8 Å². The van der Waals surface area contributed by atoms with Gasteiger partial charge in [0, 0.05) is 38.4 Å². The van der Waals surface area contributed by atoms with Crippen LogP contribution in [0.2, 0.25) is 0 Å². The van der Waals surface area contributed by atoms with Gasteiger partial charge >= 0.3 is 0 Å². The second-order valence-electron chi connectivity index (χ2n) is 8.13. The lowest BCUT2D eigenvalue weighted by Gasteiger charge is -2.36. The summed E-state index contributed by atoms with van der Waals surface area (Å²) in [4.78, 5) is 20.1. The number of amides is 1. The van der Waals surface area contributed by atoms with E-state index in [4.69, 9.17) is 4.84 Å². The molecule has 0 bridgehead atoms. The Balaban J connectivity index is 1.32. The van der Waals surface area contributed by atoms with Crippen LogP contribution < -0.4 is 4.72 Å². The lowest BCUT2D eigenvalue weighted by atomic mass is 9.85. The molecular formula is C23H24FN3O4S. The number of likely N-dealkylation sites (tertiary alicyclic amines) is 1. The smallest absolute Gasteiger partial charge is 0.246 e. The van der Waals surface area contributed by atoms with Crippen molar-refractivity contribution < 1.29 is 22.4 Å². The molecule has 32 heavy (non-hydrogen) atoms. The number of benzene rings is 2. The van der Waals surface area contributed by atoms with Gasteiger partial charge in [0.1, 0.15) is 11.4 Å². The van der Waals surface area contributed by atoms with Crippen molar-refractivity contribution >= 4 is 33.4 Å². The fraction of sp³-hybridized carbons (Fsp3) is 0.304. The Morgan fingerprint density at radius 3 is 2.56 bits per heavy atom. The van der Waals surface area contributed by atoms with E-state index in [1.165, 1.54) is 24.3 Å². The molecule has 2 aromatic rings. The van der Waals surface area contributed by atoms with Crippen molar-refractivity contribution in [3.8, 4) is 0 Å². The molecule has 1 saturated heterocycles. The fourth-order valence-electron chi connectivity index (χ4n) is 3.90. The monoisotopic (exact) mass is 457 g/mol. The number of sulfonamides is 1. The largest absolute Gasteiger partial charge is 0.388 e. The average molecular weight is 458 g/mol. The van der Waals surface area contributed by atoms with Crippen molar-refractivity contribution in [1.29, 1.82) is 0 Å². The van der Waals surface area contributed by atoms with Crippen LogP contribution in [0, 0.1) is 5.82 Å². The van der Waals surface area contributed by atoms with Crippen molar-refractivity contribution in [2.24, 2.45) is 5.16 Å². The molecule has 7 nitrogen and oxygen atoms in total. The summed E-state index contributed by atoms with van der Waals surface area (Å²) < 4.78 is 38.7. The molecule has 2 aliphatic rings. The molecule has 0 aromatic heterocycles. The maximum absolute atomic E-state index is 14.1. The molecule has 1 spiro atoms. The maximum atomic E-state index is 14.1. The lowest BCUT2D eigenvalue weighted by Crippen LogP contribution is -2.46. The Bertz CT molecular complexity index is 1170. The van der Waals surface area contributed by atoms with E-state index in [-0.39, 0.29) is 17.2 Å². The predicted octanol–water partition coefficient (Wildman–Crippen LogP) is 3.40. The van der Waals surface area contributed by atoms with Gasteiger partial charge in [-0.2, -0.15) is 0 Å². The molecule has 0 saturated carbocycles. The predicted molar refractivity (Wildman–Crippen MR) is 121 cm³/mol. The molecule has 1 N–H and O–H groups in total. The van der Waals surface area contributed by atoms with Crippen molar-refractivity contribution in [2.75, 3.05) is 24.1 Å². The number of hydrogen-bond acceptors (Lipinski definition) is 5. The third-order valence-electron chi connectivity index (χ3n) is 5.64. The first-order chi connectivity index (χ1) is 15.2.